The number of aryl methyl sites for hydroxylation is 1. The fourth-order valence-electron chi connectivity index (χ4n) is 1.87. The molecule has 0 heterocycles. The Morgan fingerprint density at radius 1 is 1.30 bits per heavy atom. The van der Waals surface area contributed by atoms with Gasteiger partial charge in [0.05, 0.1) is 32.5 Å². The molecule has 114 valence electrons. The molecule has 1 aromatic rings. The van der Waals surface area contributed by atoms with Gasteiger partial charge in [0.1, 0.15) is 5.75 Å². The second kappa shape index (κ2) is 9.72. The van der Waals surface area contributed by atoms with Crippen molar-refractivity contribution in [3.63, 3.8) is 0 Å². The smallest absolute Gasteiger partial charge is 0.125 e. The summed E-state index contributed by atoms with van der Waals surface area (Å²) in [6.45, 7) is 6.44. The minimum Gasteiger partial charge on any atom is -0.493 e. The van der Waals surface area contributed by atoms with Crippen LogP contribution in [0, 0.1) is 6.92 Å². The first kappa shape index (κ1) is 16.9. The highest BCUT2D eigenvalue weighted by atomic mass is 16.5. The van der Waals surface area contributed by atoms with Crippen LogP contribution in [0.25, 0.3) is 0 Å². The third-order valence-corrected chi connectivity index (χ3v) is 2.82. The van der Waals surface area contributed by atoms with Crippen LogP contribution in [-0.2, 0) is 4.74 Å². The van der Waals surface area contributed by atoms with E-state index in [-0.39, 0.29) is 6.61 Å². The van der Waals surface area contributed by atoms with E-state index in [1.54, 1.807) is 0 Å². The van der Waals surface area contributed by atoms with Gasteiger partial charge in [-0.05, 0) is 26.0 Å². The molecule has 0 saturated heterocycles. The molecule has 5 nitrogen and oxygen atoms in total. The van der Waals surface area contributed by atoms with Crippen molar-refractivity contribution in [2.75, 3.05) is 39.5 Å². The molecule has 1 aromatic carbocycles. The third-order valence-electron chi connectivity index (χ3n) is 2.82. The summed E-state index contributed by atoms with van der Waals surface area (Å²) in [6.07, 6.45) is -0.616. The van der Waals surface area contributed by atoms with Crippen molar-refractivity contribution in [2.24, 2.45) is 0 Å². The quantitative estimate of drug-likeness (QED) is 0.559. The predicted octanol–water partition coefficient (Wildman–Crippen LogP) is 1.03. The summed E-state index contributed by atoms with van der Waals surface area (Å²) >= 11 is 0. The molecule has 0 fully saturated rings. The van der Waals surface area contributed by atoms with Gasteiger partial charge in [-0.2, -0.15) is 0 Å². The molecule has 1 unspecified atom stereocenters. The topological polar surface area (TPSA) is 71.0 Å². The highest BCUT2D eigenvalue weighted by Crippen LogP contribution is 2.26. The van der Waals surface area contributed by atoms with Crippen LogP contribution in [0.3, 0.4) is 0 Å². The van der Waals surface area contributed by atoms with Crippen LogP contribution in [0.1, 0.15) is 24.2 Å². The van der Waals surface area contributed by atoms with Gasteiger partial charge in [0.2, 0.25) is 0 Å². The summed E-state index contributed by atoms with van der Waals surface area (Å²) in [4.78, 5) is 0. The van der Waals surface area contributed by atoms with Crippen molar-refractivity contribution in [1.29, 1.82) is 0 Å². The number of hydrogen-bond donors (Lipinski definition) is 3. The van der Waals surface area contributed by atoms with E-state index in [1.807, 2.05) is 32.0 Å². The largest absolute Gasteiger partial charge is 0.493 e. The van der Waals surface area contributed by atoms with E-state index < -0.39 is 6.10 Å². The van der Waals surface area contributed by atoms with E-state index in [0.717, 1.165) is 16.9 Å². The molecule has 1 atom stereocenters. The van der Waals surface area contributed by atoms with Gasteiger partial charge < -0.3 is 25.0 Å². The SMILES string of the molecule is CCOc1ccc(C)cc1C(O)CNCCOCCO. The van der Waals surface area contributed by atoms with Gasteiger partial charge in [0.25, 0.3) is 0 Å². The fourth-order valence-corrected chi connectivity index (χ4v) is 1.87. The average Bonchev–Trinajstić information content (AvgIpc) is 2.44. The van der Waals surface area contributed by atoms with Crippen molar-refractivity contribution in [2.45, 2.75) is 20.0 Å². The van der Waals surface area contributed by atoms with Gasteiger partial charge in [-0.25, -0.2) is 0 Å². The highest BCUT2D eigenvalue weighted by Gasteiger charge is 2.13. The fraction of sp³-hybridized carbons (Fsp3) is 0.600. The summed E-state index contributed by atoms with van der Waals surface area (Å²) in [5.41, 5.74) is 1.89. The second-order valence-electron chi connectivity index (χ2n) is 4.53. The van der Waals surface area contributed by atoms with Gasteiger partial charge in [-0.1, -0.05) is 11.6 Å². The minimum atomic E-state index is -0.616. The van der Waals surface area contributed by atoms with Crippen molar-refractivity contribution in [1.82, 2.24) is 5.32 Å². The Morgan fingerprint density at radius 3 is 2.80 bits per heavy atom. The van der Waals surface area contributed by atoms with Crippen molar-refractivity contribution >= 4 is 0 Å². The van der Waals surface area contributed by atoms with Gasteiger partial charge in [-0.15, -0.1) is 0 Å². The number of benzene rings is 1. The number of ether oxygens (including phenoxy) is 2. The van der Waals surface area contributed by atoms with Crippen molar-refractivity contribution < 1.29 is 19.7 Å². The summed E-state index contributed by atoms with van der Waals surface area (Å²) < 4.78 is 10.7. The Morgan fingerprint density at radius 2 is 2.10 bits per heavy atom. The lowest BCUT2D eigenvalue weighted by atomic mass is 10.1. The van der Waals surface area contributed by atoms with Crippen molar-refractivity contribution in [3.8, 4) is 5.75 Å². The zero-order valence-electron chi connectivity index (χ0n) is 12.3. The Kier molecular flexibility index (Phi) is 8.22. The molecule has 0 radical (unpaired) electrons. The van der Waals surface area contributed by atoms with Gasteiger partial charge in [-0.3, -0.25) is 0 Å². The summed E-state index contributed by atoms with van der Waals surface area (Å²) in [5, 5.41) is 21.9. The molecule has 0 saturated carbocycles. The molecule has 0 aliphatic rings. The van der Waals surface area contributed by atoms with Gasteiger partial charge in [0.15, 0.2) is 0 Å². The van der Waals surface area contributed by atoms with Crippen molar-refractivity contribution in [3.05, 3.63) is 29.3 Å². The molecule has 3 N–H and O–H groups in total. The minimum absolute atomic E-state index is 0.0314. The van der Waals surface area contributed by atoms with Crippen LogP contribution in [0.2, 0.25) is 0 Å². The van der Waals surface area contributed by atoms with E-state index in [2.05, 4.69) is 5.32 Å². The van der Waals surface area contributed by atoms with E-state index >= 15 is 0 Å². The Bertz CT molecular complexity index is 384. The van der Waals surface area contributed by atoms with Crippen LogP contribution in [0.5, 0.6) is 5.75 Å². The highest BCUT2D eigenvalue weighted by molar-refractivity contribution is 5.38. The van der Waals surface area contributed by atoms with Crippen LogP contribution in [0.4, 0.5) is 0 Å². The molecule has 0 aliphatic carbocycles. The van der Waals surface area contributed by atoms with Crippen LogP contribution < -0.4 is 10.1 Å². The zero-order chi connectivity index (χ0) is 14.8. The van der Waals surface area contributed by atoms with Crippen LogP contribution >= 0.6 is 0 Å². The second-order valence-corrected chi connectivity index (χ2v) is 4.53. The normalized spacial score (nSPS) is 12.4. The lowest BCUT2D eigenvalue weighted by molar-refractivity contribution is 0.0908. The maximum absolute atomic E-state index is 10.2. The van der Waals surface area contributed by atoms with E-state index in [1.165, 1.54) is 0 Å². The van der Waals surface area contributed by atoms with Gasteiger partial charge in [0, 0.05) is 18.7 Å². The maximum Gasteiger partial charge on any atom is 0.125 e. The average molecular weight is 283 g/mol. The number of nitrogens with one attached hydrogen (secondary N) is 1. The number of aliphatic hydroxyl groups is 2. The standard InChI is InChI=1S/C15H25NO4/c1-3-20-15-5-4-12(2)10-13(15)14(18)11-16-6-8-19-9-7-17/h4-5,10,14,16-18H,3,6-9,11H2,1-2H3. The third kappa shape index (κ3) is 5.88. The monoisotopic (exact) mass is 283 g/mol. The first-order valence-corrected chi connectivity index (χ1v) is 6.99. The molecular formula is C15H25NO4. The summed E-state index contributed by atoms with van der Waals surface area (Å²) in [7, 11) is 0. The predicted molar refractivity (Wildman–Crippen MR) is 78.1 cm³/mol. The maximum atomic E-state index is 10.2. The zero-order valence-corrected chi connectivity index (χ0v) is 12.3. The molecular weight excluding hydrogens is 258 g/mol. The van der Waals surface area contributed by atoms with Crippen LogP contribution in [-0.4, -0.2) is 49.7 Å². The number of hydrogen-bond acceptors (Lipinski definition) is 5. The number of aliphatic hydroxyl groups excluding tert-OH is 2. The Hall–Kier alpha value is -1.14. The first-order valence-electron chi connectivity index (χ1n) is 6.99. The Labute approximate surface area is 120 Å². The molecule has 0 bridgehead atoms. The van der Waals surface area contributed by atoms with Crippen LogP contribution in [0.15, 0.2) is 18.2 Å². The van der Waals surface area contributed by atoms with Gasteiger partial charge >= 0.3 is 0 Å². The lowest BCUT2D eigenvalue weighted by Crippen LogP contribution is -2.26. The number of rotatable bonds is 10. The molecule has 20 heavy (non-hydrogen) atoms. The molecule has 0 aliphatic heterocycles. The van der Waals surface area contributed by atoms with E-state index in [4.69, 9.17) is 14.6 Å². The molecule has 5 heteroatoms. The lowest BCUT2D eigenvalue weighted by Gasteiger charge is -2.17. The summed E-state index contributed by atoms with van der Waals surface area (Å²) in [5.74, 6) is 0.726. The molecule has 0 amide bonds. The molecule has 0 spiro atoms. The molecule has 1 rings (SSSR count). The Balaban J connectivity index is 2.45. The first-order chi connectivity index (χ1) is 9.69. The summed E-state index contributed by atoms with van der Waals surface area (Å²) in [6, 6.07) is 5.80. The molecule has 0 aromatic heterocycles. The van der Waals surface area contributed by atoms with E-state index in [9.17, 15) is 5.11 Å². The van der Waals surface area contributed by atoms with E-state index in [0.29, 0.717) is 32.9 Å².